The number of ether oxygens (including phenoxy) is 1. The van der Waals surface area contributed by atoms with E-state index in [1.54, 1.807) is 12.1 Å². The van der Waals surface area contributed by atoms with Crippen molar-refractivity contribution in [2.24, 2.45) is 5.92 Å². The molecule has 5 nitrogen and oxygen atoms in total. The fourth-order valence-corrected chi connectivity index (χ4v) is 1.90. The zero-order valence-electron chi connectivity index (χ0n) is 13.2. The summed E-state index contributed by atoms with van der Waals surface area (Å²) in [7, 11) is 0. The smallest absolute Gasteiger partial charge is 0.319 e. The van der Waals surface area contributed by atoms with Gasteiger partial charge in [0.2, 0.25) is 0 Å². The van der Waals surface area contributed by atoms with Crippen molar-refractivity contribution < 1.29 is 14.6 Å². The summed E-state index contributed by atoms with van der Waals surface area (Å²) in [5, 5.41) is 15.1. The number of urea groups is 1. The summed E-state index contributed by atoms with van der Waals surface area (Å²) in [4.78, 5) is 11.7. The summed E-state index contributed by atoms with van der Waals surface area (Å²) in [6, 6.07) is 6.85. The normalized spacial score (nSPS) is 12.3. The van der Waals surface area contributed by atoms with Gasteiger partial charge >= 0.3 is 6.03 Å². The number of hydrogen-bond acceptors (Lipinski definition) is 3. The van der Waals surface area contributed by atoms with Gasteiger partial charge in [0.15, 0.2) is 0 Å². The average molecular weight is 294 g/mol. The van der Waals surface area contributed by atoms with Gasteiger partial charge in [-0.05, 0) is 50.5 Å². The van der Waals surface area contributed by atoms with Crippen LogP contribution in [0.2, 0.25) is 0 Å². The van der Waals surface area contributed by atoms with E-state index in [9.17, 15) is 9.90 Å². The maximum absolute atomic E-state index is 11.7. The van der Waals surface area contributed by atoms with Crippen LogP contribution in [0, 0.1) is 5.92 Å². The molecule has 0 heterocycles. The zero-order valence-corrected chi connectivity index (χ0v) is 13.2. The summed E-state index contributed by atoms with van der Waals surface area (Å²) >= 11 is 0. The van der Waals surface area contributed by atoms with Crippen LogP contribution in [-0.2, 0) is 0 Å². The summed E-state index contributed by atoms with van der Waals surface area (Å²) in [6.07, 6.45) is 0.272. The first-order valence-corrected chi connectivity index (χ1v) is 7.36. The van der Waals surface area contributed by atoms with Crippen molar-refractivity contribution in [3.8, 4) is 5.75 Å². The van der Waals surface area contributed by atoms with E-state index in [2.05, 4.69) is 10.6 Å². The highest BCUT2D eigenvalue weighted by Crippen LogP contribution is 2.16. The molecule has 1 aromatic rings. The molecule has 1 unspecified atom stereocenters. The molecule has 0 spiro atoms. The lowest BCUT2D eigenvalue weighted by molar-refractivity contribution is 0.148. The zero-order chi connectivity index (χ0) is 15.8. The van der Waals surface area contributed by atoms with Gasteiger partial charge in [-0.25, -0.2) is 4.79 Å². The van der Waals surface area contributed by atoms with E-state index < -0.39 is 6.10 Å². The molecule has 0 bridgehead atoms. The highest BCUT2D eigenvalue weighted by Gasteiger charge is 2.09. The number of aliphatic hydroxyl groups excluding tert-OH is 1. The monoisotopic (exact) mass is 294 g/mol. The Kier molecular flexibility index (Phi) is 7.02. The first-order valence-electron chi connectivity index (χ1n) is 7.36. The second kappa shape index (κ2) is 8.52. The number of benzene rings is 1. The van der Waals surface area contributed by atoms with Gasteiger partial charge in [0.25, 0.3) is 0 Å². The summed E-state index contributed by atoms with van der Waals surface area (Å²) < 4.78 is 5.53. The van der Waals surface area contributed by atoms with E-state index in [1.807, 2.05) is 39.8 Å². The van der Waals surface area contributed by atoms with E-state index in [0.717, 1.165) is 5.75 Å². The summed E-state index contributed by atoms with van der Waals surface area (Å²) in [5.74, 6) is 1.17. The molecule has 0 fully saturated rings. The van der Waals surface area contributed by atoms with Gasteiger partial charge in [-0.3, -0.25) is 0 Å². The fraction of sp³-hybridized carbons (Fsp3) is 0.562. The first-order chi connectivity index (χ1) is 9.86. The van der Waals surface area contributed by atoms with Crippen LogP contribution < -0.4 is 15.4 Å². The van der Waals surface area contributed by atoms with Crippen LogP contribution in [0.3, 0.4) is 0 Å². The number of carbonyl (C=O) groups is 1. The Bertz CT molecular complexity index is 430. The fourth-order valence-electron chi connectivity index (χ4n) is 1.90. The molecule has 0 saturated carbocycles. The SMILES string of the molecule is CC(C)CC(O)CNC(=O)Nc1ccc(OC(C)C)cc1. The van der Waals surface area contributed by atoms with Crippen molar-refractivity contribution >= 4 is 11.7 Å². The highest BCUT2D eigenvalue weighted by atomic mass is 16.5. The van der Waals surface area contributed by atoms with Gasteiger partial charge in [0.05, 0.1) is 12.2 Å². The van der Waals surface area contributed by atoms with Crippen molar-refractivity contribution in [3.63, 3.8) is 0 Å². The molecule has 1 rings (SSSR count). The van der Waals surface area contributed by atoms with Crippen LogP contribution in [0.25, 0.3) is 0 Å². The van der Waals surface area contributed by atoms with E-state index in [-0.39, 0.29) is 18.7 Å². The lowest BCUT2D eigenvalue weighted by Gasteiger charge is -2.14. The topological polar surface area (TPSA) is 70.6 Å². The number of carbonyl (C=O) groups excluding carboxylic acids is 1. The van der Waals surface area contributed by atoms with Crippen LogP contribution in [0.15, 0.2) is 24.3 Å². The van der Waals surface area contributed by atoms with Gasteiger partial charge in [-0.15, -0.1) is 0 Å². The molecule has 5 heteroatoms. The third-order valence-electron chi connectivity index (χ3n) is 2.73. The van der Waals surface area contributed by atoms with Crippen LogP contribution in [-0.4, -0.2) is 29.9 Å². The van der Waals surface area contributed by atoms with E-state index in [4.69, 9.17) is 4.74 Å². The van der Waals surface area contributed by atoms with Crippen molar-refractivity contribution in [2.75, 3.05) is 11.9 Å². The molecule has 0 aromatic heterocycles. The number of rotatable bonds is 7. The van der Waals surface area contributed by atoms with E-state index >= 15 is 0 Å². The van der Waals surface area contributed by atoms with E-state index in [0.29, 0.717) is 18.0 Å². The maximum atomic E-state index is 11.7. The Morgan fingerprint density at radius 3 is 2.33 bits per heavy atom. The third-order valence-corrected chi connectivity index (χ3v) is 2.73. The minimum atomic E-state index is -0.516. The Labute approximate surface area is 126 Å². The Morgan fingerprint density at radius 1 is 1.19 bits per heavy atom. The molecule has 2 amide bonds. The predicted octanol–water partition coefficient (Wildman–Crippen LogP) is 3.00. The van der Waals surface area contributed by atoms with Crippen molar-refractivity contribution in [3.05, 3.63) is 24.3 Å². The van der Waals surface area contributed by atoms with Gasteiger partial charge in [-0.2, -0.15) is 0 Å². The minimum absolute atomic E-state index is 0.120. The lowest BCUT2D eigenvalue weighted by Crippen LogP contribution is -2.35. The molecular weight excluding hydrogens is 268 g/mol. The molecule has 0 aliphatic rings. The van der Waals surface area contributed by atoms with Crippen LogP contribution in [0.5, 0.6) is 5.75 Å². The Morgan fingerprint density at radius 2 is 1.81 bits per heavy atom. The van der Waals surface area contributed by atoms with Crippen molar-refractivity contribution in [1.29, 1.82) is 0 Å². The molecule has 0 aliphatic heterocycles. The molecule has 0 aliphatic carbocycles. The molecule has 118 valence electrons. The number of aliphatic hydroxyl groups is 1. The molecule has 1 atom stereocenters. The number of anilines is 1. The quantitative estimate of drug-likeness (QED) is 0.724. The van der Waals surface area contributed by atoms with Crippen LogP contribution >= 0.6 is 0 Å². The number of hydrogen-bond donors (Lipinski definition) is 3. The molecular formula is C16H26N2O3. The standard InChI is InChI=1S/C16H26N2O3/c1-11(2)9-14(19)10-17-16(20)18-13-5-7-15(8-6-13)21-12(3)4/h5-8,11-12,14,19H,9-10H2,1-4H3,(H2,17,18,20). The molecule has 0 saturated heterocycles. The first kappa shape index (κ1) is 17.3. The largest absolute Gasteiger partial charge is 0.491 e. The second-order valence-electron chi connectivity index (χ2n) is 5.81. The predicted molar refractivity (Wildman–Crippen MR) is 84.7 cm³/mol. The van der Waals surface area contributed by atoms with Gasteiger partial charge in [-0.1, -0.05) is 13.8 Å². The summed E-state index contributed by atoms with van der Waals surface area (Å²) in [5.41, 5.74) is 0.682. The van der Waals surface area contributed by atoms with Crippen molar-refractivity contribution in [1.82, 2.24) is 5.32 Å². The molecule has 0 radical (unpaired) electrons. The van der Waals surface area contributed by atoms with Gasteiger partial charge in [0, 0.05) is 12.2 Å². The number of amides is 2. The van der Waals surface area contributed by atoms with Crippen LogP contribution in [0.4, 0.5) is 10.5 Å². The van der Waals surface area contributed by atoms with E-state index in [1.165, 1.54) is 0 Å². The van der Waals surface area contributed by atoms with Gasteiger partial charge in [0.1, 0.15) is 5.75 Å². The lowest BCUT2D eigenvalue weighted by atomic mass is 10.1. The van der Waals surface area contributed by atoms with Gasteiger partial charge < -0.3 is 20.5 Å². The molecule has 3 N–H and O–H groups in total. The van der Waals surface area contributed by atoms with Crippen molar-refractivity contribution in [2.45, 2.75) is 46.3 Å². The highest BCUT2D eigenvalue weighted by molar-refractivity contribution is 5.89. The minimum Gasteiger partial charge on any atom is -0.491 e. The second-order valence-corrected chi connectivity index (χ2v) is 5.81. The Balaban J connectivity index is 2.37. The maximum Gasteiger partial charge on any atom is 0.319 e. The molecule has 1 aromatic carbocycles. The number of nitrogens with one attached hydrogen (secondary N) is 2. The third kappa shape index (κ3) is 7.56. The Hall–Kier alpha value is -1.75. The molecule has 21 heavy (non-hydrogen) atoms. The average Bonchev–Trinajstić information content (AvgIpc) is 2.37. The summed E-state index contributed by atoms with van der Waals surface area (Å²) in [6.45, 7) is 8.23. The van der Waals surface area contributed by atoms with Crippen LogP contribution in [0.1, 0.15) is 34.1 Å².